The minimum Gasteiger partial charge on any atom is -0.511 e. The normalized spacial score (nSPS) is 27.6. The number of aliphatic imine (C=N–C) groups is 2. The molecular weight excluding hydrogens is 428 g/mol. The Morgan fingerprint density at radius 2 is 1.06 bits per heavy atom. The summed E-state index contributed by atoms with van der Waals surface area (Å²) in [6.07, 6.45) is 3.76. The number of carbonyl (C=O) groups is 2. The van der Waals surface area contributed by atoms with Gasteiger partial charge in [0.15, 0.2) is 11.6 Å². The second-order valence-corrected chi connectivity index (χ2v) is 11.7. The number of hydrogen-bond donors (Lipinski definition) is 2. The second-order valence-electron chi connectivity index (χ2n) is 11.7. The first-order valence-corrected chi connectivity index (χ1v) is 12.7. The summed E-state index contributed by atoms with van der Waals surface area (Å²) in [6, 6.07) is 0.107. The van der Waals surface area contributed by atoms with Crippen LogP contribution in [0.1, 0.15) is 107 Å². The van der Waals surface area contributed by atoms with E-state index in [-0.39, 0.29) is 58.8 Å². The van der Waals surface area contributed by atoms with Gasteiger partial charge in [-0.1, -0.05) is 41.5 Å². The predicted molar refractivity (Wildman–Crippen MR) is 139 cm³/mol. The molecule has 0 aromatic carbocycles. The van der Waals surface area contributed by atoms with Crippen LogP contribution in [0.2, 0.25) is 0 Å². The zero-order valence-electron chi connectivity index (χ0n) is 22.4. The molecule has 0 heterocycles. The molecule has 0 bridgehead atoms. The van der Waals surface area contributed by atoms with Crippen LogP contribution >= 0.6 is 0 Å². The van der Waals surface area contributed by atoms with Gasteiger partial charge in [0, 0.05) is 49.2 Å². The quantitative estimate of drug-likeness (QED) is 0.320. The van der Waals surface area contributed by atoms with Crippen LogP contribution in [0.25, 0.3) is 0 Å². The molecule has 6 nitrogen and oxygen atoms in total. The lowest BCUT2D eigenvalue weighted by Crippen LogP contribution is -2.34. The molecule has 2 saturated carbocycles. The summed E-state index contributed by atoms with van der Waals surface area (Å²) >= 11 is 0. The monoisotopic (exact) mass is 472 g/mol. The average Bonchev–Trinajstić information content (AvgIpc) is 2.69. The van der Waals surface area contributed by atoms with E-state index in [2.05, 4.69) is 0 Å². The van der Waals surface area contributed by atoms with Crippen LogP contribution in [-0.2, 0) is 9.59 Å². The van der Waals surface area contributed by atoms with Crippen molar-refractivity contribution in [3.8, 4) is 0 Å². The summed E-state index contributed by atoms with van der Waals surface area (Å²) in [6.45, 7) is 16.2. The van der Waals surface area contributed by atoms with Gasteiger partial charge in [-0.3, -0.25) is 19.6 Å². The van der Waals surface area contributed by atoms with Crippen LogP contribution in [0.4, 0.5) is 0 Å². The Kier molecular flexibility index (Phi) is 9.06. The summed E-state index contributed by atoms with van der Waals surface area (Å²) in [5, 5.41) is 21.9. The van der Waals surface area contributed by atoms with Crippen molar-refractivity contribution >= 4 is 23.0 Å². The Balaban J connectivity index is 2.40. The first-order valence-electron chi connectivity index (χ1n) is 12.7. The van der Waals surface area contributed by atoms with Gasteiger partial charge in [-0.05, 0) is 50.4 Å². The molecule has 0 aromatic rings. The fraction of sp³-hybridized carbons (Fsp3) is 0.714. The molecule has 0 amide bonds. The lowest BCUT2D eigenvalue weighted by molar-refractivity contribution is -0.118. The van der Waals surface area contributed by atoms with Gasteiger partial charge in [0.05, 0.1) is 11.1 Å². The smallest absolute Gasteiger partial charge is 0.168 e. The van der Waals surface area contributed by atoms with E-state index in [4.69, 9.17) is 9.98 Å². The van der Waals surface area contributed by atoms with Crippen LogP contribution in [0.15, 0.2) is 32.6 Å². The minimum atomic E-state index is -0.208. The molecule has 2 rings (SSSR count). The van der Waals surface area contributed by atoms with E-state index in [1.54, 1.807) is 0 Å². The van der Waals surface area contributed by atoms with Gasteiger partial charge in [0.2, 0.25) is 0 Å². The average molecular weight is 473 g/mol. The maximum Gasteiger partial charge on any atom is 0.168 e. The van der Waals surface area contributed by atoms with E-state index < -0.39 is 0 Å². The van der Waals surface area contributed by atoms with Crippen molar-refractivity contribution in [2.24, 2.45) is 20.8 Å². The Bertz CT molecular complexity index is 858. The molecule has 190 valence electrons. The summed E-state index contributed by atoms with van der Waals surface area (Å²) in [7, 11) is 0. The number of nitrogens with zero attached hydrogens (tertiary/aromatic N) is 2. The van der Waals surface area contributed by atoms with Gasteiger partial charge in [-0.25, -0.2) is 0 Å². The highest BCUT2D eigenvalue weighted by atomic mass is 16.3. The van der Waals surface area contributed by atoms with Crippen LogP contribution in [0, 0.1) is 10.8 Å². The van der Waals surface area contributed by atoms with E-state index in [9.17, 15) is 19.8 Å². The number of allylic oxidation sites excluding steroid dienone is 4. The standard InChI is InChI=1S/C28H44N2O4/c1-9-17(3)29-19-13-27(5,6)15-23(33)25(19)21(31)11-12-22(32)26-20(30-18(4)10-2)14-28(7,8)16-24(26)34/h17-18,31-32H,9-16H2,1-8H3/b25-21+,26-22+,29-19?,30-20?. The molecule has 34 heavy (non-hydrogen) atoms. The maximum absolute atomic E-state index is 13.0. The summed E-state index contributed by atoms with van der Waals surface area (Å²) in [4.78, 5) is 35.4. The van der Waals surface area contributed by atoms with Crippen LogP contribution in [0.3, 0.4) is 0 Å². The van der Waals surface area contributed by atoms with Gasteiger partial charge in [0.1, 0.15) is 11.5 Å². The van der Waals surface area contributed by atoms with Crippen molar-refractivity contribution in [2.45, 2.75) is 119 Å². The van der Waals surface area contributed by atoms with Gasteiger partial charge >= 0.3 is 0 Å². The van der Waals surface area contributed by atoms with Crippen molar-refractivity contribution in [3.05, 3.63) is 22.7 Å². The van der Waals surface area contributed by atoms with E-state index in [1.165, 1.54) is 0 Å². The molecular formula is C28H44N2O4. The first kappa shape index (κ1) is 28.0. The Morgan fingerprint density at radius 1 is 0.735 bits per heavy atom. The molecule has 0 saturated heterocycles. The Labute approximate surface area is 205 Å². The highest BCUT2D eigenvalue weighted by Crippen LogP contribution is 2.38. The zero-order valence-corrected chi connectivity index (χ0v) is 22.4. The number of aliphatic hydroxyl groups is 2. The van der Waals surface area contributed by atoms with Crippen molar-refractivity contribution in [3.63, 3.8) is 0 Å². The molecule has 2 N–H and O–H groups in total. The van der Waals surface area contributed by atoms with E-state index in [0.717, 1.165) is 12.8 Å². The largest absolute Gasteiger partial charge is 0.511 e. The van der Waals surface area contributed by atoms with Crippen LogP contribution in [-0.4, -0.2) is 45.3 Å². The number of aliphatic hydroxyl groups excluding tert-OH is 2. The third kappa shape index (κ3) is 7.13. The Hall–Kier alpha value is -2.24. The van der Waals surface area contributed by atoms with Crippen LogP contribution < -0.4 is 0 Å². The molecule has 0 radical (unpaired) electrons. The molecule has 2 aliphatic carbocycles. The van der Waals surface area contributed by atoms with E-state index in [1.807, 2.05) is 55.4 Å². The van der Waals surface area contributed by atoms with E-state index in [0.29, 0.717) is 48.3 Å². The number of carbonyl (C=O) groups excluding carboxylic acids is 2. The molecule has 6 heteroatoms. The second kappa shape index (κ2) is 11.0. The number of rotatable bonds is 7. The molecule has 2 fully saturated rings. The van der Waals surface area contributed by atoms with Crippen LogP contribution in [0.5, 0.6) is 0 Å². The number of ketones is 2. The molecule has 2 unspecified atom stereocenters. The summed E-state index contributed by atoms with van der Waals surface area (Å²) in [5.74, 6) is -0.340. The fourth-order valence-corrected chi connectivity index (χ4v) is 4.65. The minimum absolute atomic E-state index is 0.0533. The molecule has 0 aliphatic heterocycles. The highest BCUT2D eigenvalue weighted by molar-refractivity contribution is 6.25. The van der Waals surface area contributed by atoms with Gasteiger partial charge in [-0.2, -0.15) is 0 Å². The maximum atomic E-state index is 13.0. The SMILES string of the molecule is CCC(C)N=C1CC(C)(C)CC(=O)/C1=C(/O)CC/C(O)=C1\C(=O)CC(C)(C)CC1=NC(C)CC. The van der Waals surface area contributed by atoms with Crippen molar-refractivity contribution < 1.29 is 19.8 Å². The van der Waals surface area contributed by atoms with Gasteiger partial charge in [0.25, 0.3) is 0 Å². The topological polar surface area (TPSA) is 99.3 Å². The van der Waals surface area contributed by atoms with E-state index >= 15 is 0 Å². The number of hydrogen-bond acceptors (Lipinski definition) is 6. The number of Topliss-reactive ketones (excluding diaryl/α,β-unsaturated/α-hetero) is 2. The highest BCUT2D eigenvalue weighted by Gasteiger charge is 2.38. The Morgan fingerprint density at radius 3 is 1.35 bits per heavy atom. The third-order valence-electron chi connectivity index (χ3n) is 6.81. The van der Waals surface area contributed by atoms with Crippen molar-refractivity contribution in [2.75, 3.05) is 0 Å². The predicted octanol–water partition coefficient (Wildman–Crippen LogP) is 6.65. The van der Waals surface area contributed by atoms with Gasteiger partial charge in [-0.15, -0.1) is 0 Å². The summed E-state index contributed by atoms with van der Waals surface area (Å²) in [5.41, 5.74) is 1.47. The lowest BCUT2D eigenvalue weighted by Gasteiger charge is -2.32. The van der Waals surface area contributed by atoms with Crippen molar-refractivity contribution in [1.29, 1.82) is 0 Å². The molecule has 0 aromatic heterocycles. The third-order valence-corrected chi connectivity index (χ3v) is 6.81. The fourth-order valence-electron chi connectivity index (χ4n) is 4.65. The lowest BCUT2D eigenvalue weighted by atomic mass is 9.72. The molecule has 0 spiro atoms. The molecule has 2 atom stereocenters. The summed E-state index contributed by atoms with van der Waals surface area (Å²) < 4.78 is 0. The first-order chi connectivity index (χ1) is 15.7. The van der Waals surface area contributed by atoms with Gasteiger partial charge < -0.3 is 10.2 Å². The zero-order chi connectivity index (χ0) is 25.8. The van der Waals surface area contributed by atoms with Crippen molar-refractivity contribution in [1.82, 2.24) is 0 Å². The molecule has 2 aliphatic rings.